The molecule has 1 atom stereocenters. The van der Waals surface area contributed by atoms with Crippen molar-refractivity contribution in [1.29, 1.82) is 5.26 Å². The van der Waals surface area contributed by atoms with Gasteiger partial charge in [-0.1, -0.05) is 35.9 Å². The third-order valence-electron chi connectivity index (χ3n) is 3.52. The Balaban J connectivity index is 1.99. The summed E-state index contributed by atoms with van der Waals surface area (Å²) in [5.41, 5.74) is 3.23. The van der Waals surface area contributed by atoms with Crippen molar-refractivity contribution in [2.75, 3.05) is 6.61 Å². The van der Waals surface area contributed by atoms with E-state index in [0.29, 0.717) is 18.1 Å². The summed E-state index contributed by atoms with van der Waals surface area (Å²) in [6.45, 7) is 4.50. The van der Waals surface area contributed by atoms with Gasteiger partial charge in [0.25, 0.3) is 0 Å². The van der Waals surface area contributed by atoms with Gasteiger partial charge in [-0.15, -0.1) is 0 Å². The lowest BCUT2D eigenvalue weighted by atomic mass is 9.94. The summed E-state index contributed by atoms with van der Waals surface area (Å²) < 4.78 is 5.78. The van der Waals surface area contributed by atoms with Crippen molar-refractivity contribution < 1.29 is 4.74 Å². The number of hydrogen-bond donors (Lipinski definition) is 0. The van der Waals surface area contributed by atoms with Crippen molar-refractivity contribution in [2.45, 2.75) is 26.2 Å². The van der Waals surface area contributed by atoms with Crippen LogP contribution < -0.4 is 4.74 Å². The van der Waals surface area contributed by atoms with Crippen LogP contribution in [0.4, 0.5) is 0 Å². The second-order valence-corrected chi connectivity index (χ2v) is 5.52. The van der Waals surface area contributed by atoms with Crippen LogP contribution in [0.3, 0.4) is 0 Å². The van der Waals surface area contributed by atoms with Gasteiger partial charge in [-0.25, -0.2) is 0 Å². The molecule has 0 spiro atoms. The van der Waals surface area contributed by atoms with Gasteiger partial charge < -0.3 is 4.74 Å². The molecule has 0 bridgehead atoms. The van der Waals surface area contributed by atoms with Gasteiger partial charge in [-0.2, -0.15) is 5.26 Å². The lowest BCUT2D eigenvalue weighted by Crippen LogP contribution is -2.06. The average molecular weight is 300 g/mol. The minimum absolute atomic E-state index is 0.140. The van der Waals surface area contributed by atoms with E-state index in [1.54, 1.807) is 0 Å². The van der Waals surface area contributed by atoms with Gasteiger partial charge in [-0.3, -0.25) is 0 Å². The summed E-state index contributed by atoms with van der Waals surface area (Å²) in [5, 5.41) is 10.1. The SMILES string of the molecule is Cc1cc(Cl)ccc1OCCC(C#N)c1ccccc1C. The molecule has 108 valence electrons. The fourth-order valence-corrected chi connectivity index (χ4v) is 2.56. The van der Waals surface area contributed by atoms with E-state index in [2.05, 4.69) is 6.07 Å². The smallest absolute Gasteiger partial charge is 0.122 e. The number of aryl methyl sites for hydroxylation is 2. The number of halogens is 1. The van der Waals surface area contributed by atoms with Gasteiger partial charge in [0.05, 0.1) is 18.6 Å². The molecule has 0 N–H and O–H groups in total. The van der Waals surface area contributed by atoms with E-state index in [-0.39, 0.29) is 5.92 Å². The molecule has 0 radical (unpaired) electrons. The molecule has 3 heteroatoms. The molecule has 1 unspecified atom stereocenters. The minimum atomic E-state index is -0.140. The third kappa shape index (κ3) is 4.00. The highest BCUT2D eigenvalue weighted by atomic mass is 35.5. The molecule has 0 aliphatic carbocycles. The van der Waals surface area contributed by atoms with Crippen LogP contribution in [-0.2, 0) is 0 Å². The molecule has 0 heterocycles. The Hall–Kier alpha value is -1.98. The van der Waals surface area contributed by atoms with E-state index in [4.69, 9.17) is 16.3 Å². The standard InChI is InChI=1S/C18H18ClNO/c1-13-5-3-4-6-17(13)15(12-20)9-10-21-18-8-7-16(19)11-14(18)2/h3-8,11,15H,9-10H2,1-2H3. The Morgan fingerprint density at radius 1 is 1.14 bits per heavy atom. The van der Waals surface area contributed by atoms with E-state index < -0.39 is 0 Å². The van der Waals surface area contributed by atoms with Crippen molar-refractivity contribution in [3.63, 3.8) is 0 Å². The first-order valence-corrected chi connectivity index (χ1v) is 7.33. The normalized spacial score (nSPS) is 11.7. The maximum absolute atomic E-state index is 9.37. The quantitative estimate of drug-likeness (QED) is 0.775. The first kappa shape index (κ1) is 15.4. The van der Waals surface area contributed by atoms with Crippen LogP contribution in [0, 0.1) is 25.2 Å². The average Bonchev–Trinajstić information content (AvgIpc) is 2.47. The summed E-state index contributed by atoms with van der Waals surface area (Å²) in [7, 11) is 0. The van der Waals surface area contributed by atoms with Crippen LogP contribution in [0.2, 0.25) is 5.02 Å². The molecule has 2 rings (SSSR count). The van der Waals surface area contributed by atoms with E-state index in [0.717, 1.165) is 22.4 Å². The lowest BCUT2D eigenvalue weighted by Gasteiger charge is -2.14. The van der Waals surface area contributed by atoms with Crippen molar-refractivity contribution >= 4 is 11.6 Å². The van der Waals surface area contributed by atoms with Gasteiger partial charge >= 0.3 is 0 Å². The fourth-order valence-electron chi connectivity index (χ4n) is 2.33. The molecular formula is C18H18ClNO. The first-order chi connectivity index (χ1) is 10.1. The van der Waals surface area contributed by atoms with Crippen molar-refractivity contribution in [3.8, 4) is 11.8 Å². The predicted molar refractivity (Wildman–Crippen MR) is 85.8 cm³/mol. The Labute approximate surface area is 130 Å². The van der Waals surface area contributed by atoms with Crippen LogP contribution in [0.5, 0.6) is 5.75 Å². The zero-order valence-corrected chi connectivity index (χ0v) is 13.0. The molecule has 0 fully saturated rings. The largest absolute Gasteiger partial charge is 0.493 e. The third-order valence-corrected chi connectivity index (χ3v) is 3.76. The van der Waals surface area contributed by atoms with Crippen LogP contribution >= 0.6 is 11.6 Å². The summed E-state index contributed by atoms with van der Waals surface area (Å²) in [6.07, 6.45) is 0.670. The zero-order chi connectivity index (χ0) is 15.2. The maximum atomic E-state index is 9.37. The highest BCUT2D eigenvalue weighted by Gasteiger charge is 2.13. The van der Waals surface area contributed by atoms with Gasteiger partial charge in [0.2, 0.25) is 0 Å². The van der Waals surface area contributed by atoms with Crippen molar-refractivity contribution in [1.82, 2.24) is 0 Å². The summed E-state index contributed by atoms with van der Waals surface area (Å²) >= 11 is 5.92. The molecule has 0 aliphatic rings. The number of rotatable bonds is 5. The highest BCUT2D eigenvalue weighted by molar-refractivity contribution is 6.30. The van der Waals surface area contributed by atoms with E-state index >= 15 is 0 Å². The van der Waals surface area contributed by atoms with Gasteiger partial charge in [0.1, 0.15) is 5.75 Å². The van der Waals surface area contributed by atoms with E-state index in [1.165, 1.54) is 0 Å². The van der Waals surface area contributed by atoms with Gasteiger partial charge in [0.15, 0.2) is 0 Å². The molecule has 0 saturated heterocycles. The number of hydrogen-bond acceptors (Lipinski definition) is 2. The predicted octanol–water partition coefficient (Wildman–Crippen LogP) is 5.03. The molecule has 0 aliphatic heterocycles. The van der Waals surface area contributed by atoms with E-state index in [1.807, 2.05) is 56.3 Å². The summed E-state index contributed by atoms with van der Waals surface area (Å²) in [5.74, 6) is 0.680. The Kier molecular flexibility index (Phi) is 5.25. The van der Waals surface area contributed by atoms with Gasteiger partial charge in [-0.05, 0) is 48.7 Å². The minimum Gasteiger partial charge on any atom is -0.493 e. The monoisotopic (exact) mass is 299 g/mol. The molecular weight excluding hydrogens is 282 g/mol. The molecule has 0 aromatic heterocycles. The number of ether oxygens (including phenoxy) is 1. The Morgan fingerprint density at radius 3 is 2.57 bits per heavy atom. The second kappa shape index (κ2) is 7.15. The van der Waals surface area contributed by atoms with Crippen LogP contribution in [-0.4, -0.2) is 6.61 Å². The summed E-state index contributed by atoms with van der Waals surface area (Å²) in [4.78, 5) is 0. The number of nitriles is 1. The molecule has 21 heavy (non-hydrogen) atoms. The van der Waals surface area contributed by atoms with Crippen LogP contribution in [0.1, 0.15) is 29.0 Å². The second-order valence-electron chi connectivity index (χ2n) is 5.09. The Bertz CT molecular complexity index is 661. The number of benzene rings is 2. The topological polar surface area (TPSA) is 33.0 Å². The van der Waals surface area contributed by atoms with Crippen molar-refractivity contribution in [2.24, 2.45) is 0 Å². The lowest BCUT2D eigenvalue weighted by molar-refractivity contribution is 0.304. The molecule has 2 aromatic carbocycles. The van der Waals surface area contributed by atoms with Gasteiger partial charge in [0, 0.05) is 11.4 Å². The van der Waals surface area contributed by atoms with Crippen molar-refractivity contribution in [3.05, 3.63) is 64.2 Å². The first-order valence-electron chi connectivity index (χ1n) is 6.96. The molecule has 2 aromatic rings. The van der Waals surface area contributed by atoms with Crippen LogP contribution in [0.15, 0.2) is 42.5 Å². The maximum Gasteiger partial charge on any atom is 0.122 e. The fraction of sp³-hybridized carbons (Fsp3) is 0.278. The molecule has 0 amide bonds. The zero-order valence-electron chi connectivity index (χ0n) is 12.3. The number of nitrogens with zero attached hydrogens (tertiary/aromatic N) is 1. The van der Waals surface area contributed by atoms with E-state index in [9.17, 15) is 5.26 Å². The van der Waals surface area contributed by atoms with Crippen LogP contribution in [0.25, 0.3) is 0 Å². The highest BCUT2D eigenvalue weighted by Crippen LogP contribution is 2.25. The summed E-state index contributed by atoms with van der Waals surface area (Å²) in [6, 6.07) is 15.9. The molecule has 2 nitrogen and oxygen atoms in total. The molecule has 0 saturated carbocycles. The Morgan fingerprint density at radius 2 is 1.90 bits per heavy atom.